The number of pyridine rings is 1. The van der Waals surface area contributed by atoms with E-state index in [4.69, 9.17) is 32.7 Å². The normalized spacial score (nSPS) is 14.9. The summed E-state index contributed by atoms with van der Waals surface area (Å²) in [6.07, 6.45) is 0.869. The van der Waals surface area contributed by atoms with Gasteiger partial charge in [-0.05, 0) is 38.1 Å². The van der Waals surface area contributed by atoms with Gasteiger partial charge in [0.15, 0.2) is 6.10 Å². The SMILES string of the molecule is CCOC(=O)c1ccc(N2CCN(C(=O)C(C)Oc3ccc(Cl)c(Cl)c3)CC2)nc1. The minimum atomic E-state index is -0.643. The second-order valence-corrected chi connectivity index (χ2v) is 7.59. The Kier molecular flexibility index (Phi) is 7.39. The number of hydrogen-bond acceptors (Lipinski definition) is 6. The molecular formula is C21H23Cl2N3O4. The zero-order chi connectivity index (χ0) is 21.7. The number of amides is 1. The molecule has 0 bridgehead atoms. The largest absolute Gasteiger partial charge is 0.481 e. The molecule has 1 unspecified atom stereocenters. The minimum Gasteiger partial charge on any atom is -0.481 e. The molecule has 2 heterocycles. The summed E-state index contributed by atoms with van der Waals surface area (Å²) in [5, 5.41) is 0.812. The molecule has 160 valence electrons. The lowest BCUT2D eigenvalue weighted by atomic mass is 10.2. The molecule has 1 atom stereocenters. The molecule has 7 nitrogen and oxygen atoms in total. The molecule has 1 aliphatic heterocycles. The number of esters is 1. The quantitative estimate of drug-likeness (QED) is 0.623. The van der Waals surface area contributed by atoms with E-state index in [1.165, 1.54) is 6.20 Å². The highest BCUT2D eigenvalue weighted by atomic mass is 35.5. The Labute approximate surface area is 185 Å². The summed E-state index contributed by atoms with van der Waals surface area (Å²) in [5.74, 6) is 0.777. The van der Waals surface area contributed by atoms with Crippen molar-refractivity contribution >= 4 is 40.9 Å². The van der Waals surface area contributed by atoms with Gasteiger partial charge < -0.3 is 19.3 Å². The first-order valence-electron chi connectivity index (χ1n) is 9.67. The Bertz CT molecular complexity index is 900. The zero-order valence-corrected chi connectivity index (χ0v) is 18.3. The van der Waals surface area contributed by atoms with Gasteiger partial charge >= 0.3 is 5.97 Å². The van der Waals surface area contributed by atoms with Gasteiger partial charge in [0.1, 0.15) is 11.6 Å². The molecule has 0 aliphatic carbocycles. The molecule has 3 rings (SSSR count). The van der Waals surface area contributed by atoms with Crippen LogP contribution in [0.2, 0.25) is 10.0 Å². The summed E-state index contributed by atoms with van der Waals surface area (Å²) in [7, 11) is 0. The lowest BCUT2D eigenvalue weighted by Gasteiger charge is -2.36. The van der Waals surface area contributed by atoms with E-state index in [1.54, 1.807) is 49.1 Å². The van der Waals surface area contributed by atoms with Gasteiger partial charge in [0.05, 0.1) is 22.2 Å². The number of anilines is 1. The van der Waals surface area contributed by atoms with Crippen LogP contribution < -0.4 is 9.64 Å². The van der Waals surface area contributed by atoms with E-state index in [2.05, 4.69) is 9.88 Å². The molecule has 0 saturated carbocycles. The maximum atomic E-state index is 12.7. The van der Waals surface area contributed by atoms with E-state index >= 15 is 0 Å². The van der Waals surface area contributed by atoms with E-state index in [0.717, 1.165) is 5.82 Å². The topological polar surface area (TPSA) is 72.0 Å². The smallest absolute Gasteiger partial charge is 0.339 e. The third kappa shape index (κ3) is 5.34. The van der Waals surface area contributed by atoms with E-state index < -0.39 is 6.10 Å². The van der Waals surface area contributed by atoms with Gasteiger partial charge in [-0.2, -0.15) is 0 Å². The van der Waals surface area contributed by atoms with Crippen LogP contribution in [0.3, 0.4) is 0 Å². The van der Waals surface area contributed by atoms with Crippen molar-refractivity contribution in [1.82, 2.24) is 9.88 Å². The van der Waals surface area contributed by atoms with Crippen molar-refractivity contribution in [2.75, 3.05) is 37.7 Å². The molecule has 1 aromatic carbocycles. The van der Waals surface area contributed by atoms with Gasteiger partial charge in [0, 0.05) is 38.4 Å². The van der Waals surface area contributed by atoms with Crippen molar-refractivity contribution in [2.45, 2.75) is 20.0 Å². The predicted octanol–water partition coefficient (Wildman–Crippen LogP) is 3.68. The molecular weight excluding hydrogens is 429 g/mol. The third-order valence-corrected chi connectivity index (χ3v) is 5.47. The average molecular weight is 452 g/mol. The second-order valence-electron chi connectivity index (χ2n) is 6.77. The van der Waals surface area contributed by atoms with E-state index in [1.807, 2.05) is 0 Å². The lowest BCUT2D eigenvalue weighted by molar-refractivity contribution is -0.138. The van der Waals surface area contributed by atoms with Crippen LogP contribution in [0.5, 0.6) is 5.75 Å². The van der Waals surface area contributed by atoms with Gasteiger partial charge in [0.2, 0.25) is 0 Å². The molecule has 1 aromatic heterocycles. The number of piperazine rings is 1. The highest BCUT2D eigenvalue weighted by molar-refractivity contribution is 6.42. The fraction of sp³-hybridized carbons (Fsp3) is 0.381. The number of benzene rings is 1. The summed E-state index contributed by atoms with van der Waals surface area (Å²) < 4.78 is 10.7. The molecule has 1 amide bonds. The van der Waals surface area contributed by atoms with Crippen LogP contribution in [0.15, 0.2) is 36.5 Å². The maximum absolute atomic E-state index is 12.7. The van der Waals surface area contributed by atoms with Crippen molar-refractivity contribution in [3.63, 3.8) is 0 Å². The van der Waals surface area contributed by atoms with Crippen molar-refractivity contribution in [2.24, 2.45) is 0 Å². The van der Waals surface area contributed by atoms with Gasteiger partial charge in [-0.25, -0.2) is 9.78 Å². The van der Waals surface area contributed by atoms with Crippen molar-refractivity contribution in [3.05, 3.63) is 52.1 Å². The van der Waals surface area contributed by atoms with Crippen molar-refractivity contribution in [3.8, 4) is 5.75 Å². The summed E-state index contributed by atoms with van der Waals surface area (Å²) in [4.78, 5) is 32.7. The van der Waals surface area contributed by atoms with Crippen LogP contribution in [0.4, 0.5) is 5.82 Å². The van der Waals surface area contributed by atoms with Crippen molar-refractivity contribution < 1.29 is 19.1 Å². The first-order valence-corrected chi connectivity index (χ1v) is 10.4. The Balaban J connectivity index is 1.53. The predicted molar refractivity (Wildman–Crippen MR) is 116 cm³/mol. The monoisotopic (exact) mass is 451 g/mol. The minimum absolute atomic E-state index is 0.0914. The van der Waals surface area contributed by atoms with Gasteiger partial charge in [0.25, 0.3) is 5.91 Å². The van der Waals surface area contributed by atoms with E-state index in [9.17, 15) is 9.59 Å². The van der Waals surface area contributed by atoms with Crippen LogP contribution >= 0.6 is 23.2 Å². The Morgan fingerprint density at radius 3 is 2.43 bits per heavy atom. The fourth-order valence-corrected chi connectivity index (χ4v) is 3.41. The number of hydrogen-bond donors (Lipinski definition) is 0. The fourth-order valence-electron chi connectivity index (χ4n) is 3.13. The average Bonchev–Trinajstić information content (AvgIpc) is 2.76. The first kappa shape index (κ1) is 22.2. The Morgan fingerprint density at radius 2 is 1.83 bits per heavy atom. The van der Waals surface area contributed by atoms with E-state index in [0.29, 0.717) is 54.1 Å². The number of rotatable bonds is 6. The van der Waals surface area contributed by atoms with Gasteiger partial charge in [-0.15, -0.1) is 0 Å². The number of carbonyl (C=O) groups is 2. The van der Waals surface area contributed by atoms with Crippen LogP contribution in [-0.4, -0.2) is 60.7 Å². The number of halogens is 2. The first-order chi connectivity index (χ1) is 14.4. The maximum Gasteiger partial charge on any atom is 0.339 e. The molecule has 0 N–H and O–H groups in total. The van der Waals surface area contributed by atoms with Gasteiger partial charge in [-0.3, -0.25) is 4.79 Å². The lowest BCUT2D eigenvalue weighted by Crippen LogP contribution is -2.52. The molecule has 9 heteroatoms. The summed E-state index contributed by atoms with van der Waals surface area (Å²) >= 11 is 11.9. The van der Waals surface area contributed by atoms with Crippen molar-refractivity contribution in [1.29, 1.82) is 0 Å². The zero-order valence-electron chi connectivity index (χ0n) is 16.8. The summed E-state index contributed by atoms with van der Waals surface area (Å²) in [6, 6.07) is 8.40. The molecule has 0 radical (unpaired) electrons. The molecule has 1 fully saturated rings. The Hall–Kier alpha value is -2.51. The second kappa shape index (κ2) is 10.00. The van der Waals surface area contributed by atoms with Crippen LogP contribution in [0.1, 0.15) is 24.2 Å². The number of ether oxygens (including phenoxy) is 2. The number of carbonyl (C=O) groups excluding carboxylic acids is 2. The molecule has 0 spiro atoms. The Morgan fingerprint density at radius 1 is 1.10 bits per heavy atom. The van der Waals surface area contributed by atoms with Crippen LogP contribution in [0.25, 0.3) is 0 Å². The standard InChI is InChI=1S/C21H23Cl2N3O4/c1-3-29-21(28)15-4-7-19(24-13-15)25-8-10-26(11-9-25)20(27)14(2)30-16-5-6-17(22)18(23)12-16/h4-7,12-14H,3,8-11H2,1-2H3. The molecule has 2 aromatic rings. The van der Waals surface area contributed by atoms with Gasteiger partial charge in [-0.1, -0.05) is 23.2 Å². The van der Waals surface area contributed by atoms with Crippen LogP contribution in [0, 0.1) is 0 Å². The number of nitrogens with zero attached hydrogens (tertiary/aromatic N) is 3. The highest BCUT2D eigenvalue weighted by Crippen LogP contribution is 2.27. The third-order valence-electron chi connectivity index (χ3n) is 4.73. The molecule has 1 saturated heterocycles. The summed E-state index contributed by atoms with van der Waals surface area (Å²) in [5.41, 5.74) is 0.419. The highest BCUT2D eigenvalue weighted by Gasteiger charge is 2.26. The van der Waals surface area contributed by atoms with E-state index in [-0.39, 0.29) is 11.9 Å². The number of aromatic nitrogens is 1. The molecule has 30 heavy (non-hydrogen) atoms. The van der Waals surface area contributed by atoms with Crippen LogP contribution in [-0.2, 0) is 9.53 Å². The summed E-state index contributed by atoms with van der Waals surface area (Å²) in [6.45, 7) is 6.17. The molecule has 1 aliphatic rings.